The van der Waals surface area contributed by atoms with Crippen LogP contribution in [0.5, 0.6) is 11.9 Å². The molecule has 0 radical (unpaired) electrons. The fourth-order valence-corrected chi connectivity index (χ4v) is 2.48. The molecule has 1 aromatic heterocycles. The Morgan fingerprint density at radius 3 is 2.55 bits per heavy atom. The minimum Gasteiger partial charge on any atom is -0.481 e. The standard InChI is InChI=1S/C10H12FN3O5S/c1-18-8-4-7(12-10(13-8)19-2)14-5-6(3-9(14)15)20(11,16)17/h4,6H,3,5H2,1-2H3. The first-order valence-electron chi connectivity index (χ1n) is 5.56. The lowest BCUT2D eigenvalue weighted by atomic mass is 10.4. The zero-order valence-corrected chi connectivity index (χ0v) is 11.6. The molecule has 2 heterocycles. The van der Waals surface area contributed by atoms with Crippen LogP contribution in [-0.4, -0.2) is 50.3 Å². The third-order valence-electron chi connectivity index (χ3n) is 2.82. The minimum atomic E-state index is -4.78. The number of halogens is 1. The van der Waals surface area contributed by atoms with Crippen LogP contribution in [-0.2, 0) is 15.0 Å². The van der Waals surface area contributed by atoms with Gasteiger partial charge in [0, 0.05) is 19.0 Å². The molecule has 0 spiro atoms. The smallest absolute Gasteiger partial charge is 0.321 e. The summed E-state index contributed by atoms with van der Waals surface area (Å²) in [6, 6.07) is 1.30. The Bertz CT molecular complexity index is 614. The van der Waals surface area contributed by atoms with Gasteiger partial charge in [-0.25, -0.2) is 0 Å². The molecule has 1 fully saturated rings. The number of nitrogens with zero attached hydrogens (tertiary/aromatic N) is 3. The summed E-state index contributed by atoms with van der Waals surface area (Å²) >= 11 is 0. The van der Waals surface area contributed by atoms with Crippen LogP contribution in [0.2, 0.25) is 0 Å². The number of methoxy groups -OCH3 is 2. The zero-order valence-electron chi connectivity index (χ0n) is 10.7. The number of ether oxygens (including phenoxy) is 2. The van der Waals surface area contributed by atoms with E-state index in [0.717, 1.165) is 4.90 Å². The maximum atomic E-state index is 13.0. The highest BCUT2D eigenvalue weighted by Gasteiger charge is 2.40. The van der Waals surface area contributed by atoms with Gasteiger partial charge in [-0.1, -0.05) is 0 Å². The first-order valence-corrected chi connectivity index (χ1v) is 7.00. The van der Waals surface area contributed by atoms with Crippen LogP contribution in [0.1, 0.15) is 6.42 Å². The fraction of sp³-hybridized carbons (Fsp3) is 0.500. The van der Waals surface area contributed by atoms with Crippen molar-refractivity contribution in [2.75, 3.05) is 25.7 Å². The summed E-state index contributed by atoms with van der Waals surface area (Å²) in [7, 11) is -2.08. The molecular formula is C10H12FN3O5S. The molecule has 8 nitrogen and oxygen atoms in total. The summed E-state index contributed by atoms with van der Waals surface area (Å²) < 4.78 is 44.5. The Balaban J connectivity index is 2.34. The monoisotopic (exact) mass is 305 g/mol. The molecule has 10 heteroatoms. The van der Waals surface area contributed by atoms with Crippen molar-refractivity contribution in [3.05, 3.63) is 6.07 Å². The number of amides is 1. The van der Waals surface area contributed by atoms with Gasteiger partial charge in [-0.2, -0.15) is 18.4 Å². The third kappa shape index (κ3) is 2.79. The Morgan fingerprint density at radius 1 is 1.35 bits per heavy atom. The highest BCUT2D eigenvalue weighted by molar-refractivity contribution is 7.87. The lowest BCUT2D eigenvalue weighted by molar-refractivity contribution is -0.117. The van der Waals surface area contributed by atoms with Crippen molar-refractivity contribution in [1.82, 2.24) is 9.97 Å². The van der Waals surface area contributed by atoms with Gasteiger partial charge in [0.05, 0.1) is 14.2 Å². The van der Waals surface area contributed by atoms with Crippen LogP contribution in [0, 0.1) is 0 Å². The largest absolute Gasteiger partial charge is 0.481 e. The van der Waals surface area contributed by atoms with Crippen LogP contribution < -0.4 is 14.4 Å². The van der Waals surface area contributed by atoms with Gasteiger partial charge in [-0.15, -0.1) is 3.89 Å². The van der Waals surface area contributed by atoms with E-state index in [0.29, 0.717) is 0 Å². The average molecular weight is 305 g/mol. The van der Waals surface area contributed by atoms with E-state index in [1.165, 1.54) is 20.3 Å². The molecule has 1 aliphatic rings. The Hall–Kier alpha value is -1.97. The van der Waals surface area contributed by atoms with Crippen LogP contribution in [0.3, 0.4) is 0 Å². The second-order valence-corrected chi connectivity index (χ2v) is 5.68. The molecule has 110 valence electrons. The number of carbonyl (C=O) groups excluding carboxylic acids is 1. The first-order chi connectivity index (χ1) is 9.35. The van der Waals surface area contributed by atoms with Gasteiger partial charge in [-0.05, 0) is 0 Å². The number of carbonyl (C=O) groups is 1. The SMILES string of the molecule is COc1cc(N2CC(S(=O)(=O)F)CC2=O)nc(OC)n1. The third-order valence-corrected chi connectivity index (χ3v) is 3.94. The molecule has 0 aromatic carbocycles. The average Bonchev–Trinajstić information content (AvgIpc) is 2.80. The van der Waals surface area contributed by atoms with Gasteiger partial charge in [0.1, 0.15) is 11.1 Å². The summed E-state index contributed by atoms with van der Waals surface area (Å²) in [6.45, 7) is -0.305. The molecule has 0 aliphatic carbocycles. The molecule has 0 bridgehead atoms. The number of anilines is 1. The van der Waals surface area contributed by atoms with Crippen LogP contribution in [0.25, 0.3) is 0 Å². The van der Waals surface area contributed by atoms with E-state index < -0.39 is 27.8 Å². The van der Waals surface area contributed by atoms with Crippen molar-refractivity contribution in [2.24, 2.45) is 0 Å². The van der Waals surface area contributed by atoms with E-state index in [9.17, 15) is 17.1 Å². The molecule has 1 saturated heterocycles. The van der Waals surface area contributed by atoms with Gasteiger partial charge in [0.2, 0.25) is 11.8 Å². The molecule has 20 heavy (non-hydrogen) atoms. The predicted octanol–water partition coefficient (Wildman–Crippen LogP) is -0.102. The fourth-order valence-electron chi connectivity index (χ4n) is 1.81. The van der Waals surface area contributed by atoms with Crippen LogP contribution in [0.15, 0.2) is 6.07 Å². The van der Waals surface area contributed by atoms with E-state index >= 15 is 0 Å². The van der Waals surface area contributed by atoms with E-state index in [1.54, 1.807) is 0 Å². The molecule has 1 unspecified atom stereocenters. The molecule has 0 saturated carbocycles. The topological polar surface area (TPSA) is 98.7 Å². The predicted molar refractivity (Wildman–Crippen MR) is 65.9 cm³/mol. The van der Waals surface area contributed by atoms with Gasteiger partial charge in [-0.3, -0.25) is 9.69 Å². The summed E-state index contributed by atoms with van der Waals surface area (Å²) in [6.07, 6.45) is -0.423. The van der Waals surface area contributed by atoms with E-state index in [4.69, 9.17) is 9.47 Å². The Morgan fingerprint density at radius 2 is 2.05 bits per heavy atom. The van der Waals surface area contributed by atoms with E-state index in [-0.39, 0.29) is 24.3 Å². The maximum absolute atomic E-state index is 13.0. The van der Waals surface area contributed by atoms with Crippen molar-refractivity contribution in [1.29, 1.82) is 0 Å². The highest BCUT2D eigenvalue weighted by Crippen LogP contribution is 2.27. The zero-order chi connectivity index (χ0) is 14.9. The quantitative estimate of drug-likeness (QED) is 0.716. The molecule has 1 atom stereocenters. The van der Waals surface area contributed by atoms with Gasteiger partial charge in [0.15, 0.2) is 0 Å². The Labute approximate surface area is 114 Å². The summed E-state index contributed by atoms with van der Waals surface area (Å²) in [5, 5.41) is -1.39. The molecule has 1 aromatic rings. The van der Waals surface area contributed by atoms with Gasteiger partial charge in [0.25, 0.3) is 0 Å². The van der Waals surface area contributed by atoms with Crippen molar-refractivity contribution in [2.45, 2.75) is 11.7 Å². The molecular weight excluding hydrogens is 293 g/mol. The molecule has 2 rings (SSSR count). The molecule has 0 N–H and O–H groups in total. The summed E-state index contributed by atoms with van der Waals surface area (Å²) in [5.41, 5.74) is 0. The van der Waals surface area contributed by atoms with E-state index in [1.807, 2.05) is 0 Å². The van der Waals surface area contributed by atoms with E-state index in [2.05, 4.69) is 9.97 Å². The number of aromatic nitrogens is 2. The second kappa shape index (κ2) is 5.19. The van der Waals surface area contributed by atoms with Gasteiger partial charge >= 0.3 is 16.2 Å². The lowest BCUT2D eigenvalue weighted by Crippen LogP contribution is -2.28. The van der Waals surface area contributed by atoms with Gasteiger partial charge < -0.3 is 9.47 Å². The number of hydrogen-bond acceptors (Lipinski definition) is 7. The van der Waals surface area contributed by atoms with Crippen molar-refractivity contribution < 1.29 is 26.6 Å². The number of rotatable bonds is 4. The minimum absolute atomic E-state index is 0.0429. The number of hydrogen-bond donors (Lipinski definition) is 0. The lowest BCUT2D eigenvalue weighted by Gasteiger charge is -2.15. The first kappa shape index (κ1) is 14.4. The van der Waals surface area contributed by atoms with Crippen LogP contribution in [0.4, 0.5) is 9.70 Å². The van der Waals surface area contributed by atoms with Crippen molar-refractivity contribution in [3.63, 3.8) is 0 Å². The molecule has 1 aliphatic heterocycles. The highest BCUT2D eigenvalue weighted by atomic mass is 32.3. The van der Waals surface area contributed by atoms with Crippen molar-refractivity contribution in [3.8, 4) is 11.9 Å². The normalized spacial score (nSPS) is 19.2. The second-order valence-electron chi connectivity index (χ2n) is 4.06. The Kier molecular flexibility index (Phi) is 3.75. The van der Waals surface area contributed by atoms with Crippen molar-refractivity contribution >= 4 is 21.9 Å². The molecule has 1 amide bonds. The maximum Gasteiger partial charge on any atom is 0.321 e. The van der Waals surface area contributed by atoms with Crippen LogP contribution >= 0.6 is 0 Å². The summed E-state index contributed by atoms with van der Waals surface area (Å²) in [5.74, 6) is -0.296. The summed E-state index contributed by atoms with van der Waals surface area (Å²) in [4.78, 5) is 20.6.